The molecule has 1 heterocycles. The highest BCUT2D eigenvalue weighted by atomic mass is 16.5. The smallest absolute Gasteiger partial charge is 0.268 e. The first-order valence-corrected chi connectivity index (χ1v) is 8.75. The molecule has 136 valence electrons. The highest BCUT2D eigenvalue weighted by Crippen LogP contribution is 2.33. The largest absolute Gasteiger partial charge is 0.479 e. The molecule has 0 aromatic heterocycles. The Bertz CT molecular complexity index is 806. The first-order chi connectivity index (χ1) is 12.6. The highest BCUT2D eigenvalue weighted by Gasteiger charge is 2.32. The Balaban J connectivity index is 1.71. The van der Waals surface area contributed by atoms with Gasteiger partial charge in [0.2, 0.25) is 5.91 Å². The zero-order chi connectivity index (χ0) is 18.5. The van der Waals surface area contributed by atoms with Gasteiger partial charge in [0.1, 0.15) is 12.3 Å². The molecule has 2 aromatic rings. The number of benzene rings is 2. The minimum Gasteiger partial charge on any atom is -0.479 e. The second kappa shape index (κ2) is 8.01. The van der Waals surface area contributed by atoms with Crippen molar-refractivity contribution < 1.29 is 14.3 Å². The monoisotopic (exact) mass is 353 g/mol. The fourth-order valence-corrected chi connectivity index (χ4v) is 2.89. The molecule has 1 aliphatic rings. The predicted molar refractivity (Wildman–Crippen MR) is 101 cm³/mol. The van der Waals surface area contributed by atoms with Gasteiger partial charge in [0, 0.05) is 12.2 Å². The number of carbonyl (C=O) groups is 2. The Morgan fingerprint density at radius 2 is 2.00 bits per heavy atom. The van der Waals surface area contributed by atoms with E-state index in [1.54, 1.807) is 19.1 Å². The number of ether oxygens (including phenoxy) is 1. The number of carbonyl (C=O) groups excluding carboxylic acids is 2. The van der Waals surface area contributed by atoms with Crippen LogP contribution in [0.4, 0.5) is 11.4 Å². The zero-order valence-corrected chi connectivity index (χ0v) is 15.0. The molecule has 0 saturated heterocycles. The maximum absolute atomic E-state index is 12.5. The predicted octanol–water partition coefficient (Wildman–Crippen LogP) is 2.55. The molecule has 1 aliphatic heterocycles. The summed E-state index contributed by atoms with van der Waals surface area (Å²) in [4.78, 5) is 26.4. The summed E-state index contributed by atoms with van der Waals surface area (Å²) in [6.07, 6.45) is -0.610. The van der Waals surface area contributed by atoms with Crippen LogP contribution in [-0.4, -0.2) is 31.0 Å². The molecular weight excluding hydrogens is 330 g/mol. The average Bonchev–Trinajstić information content (AvgIpc) is 2.64. The molecule has 0 saturated carbocycles. The summed E-state index contributed by atoms with van der Waals surface area (Å²) in [5, 5.41) is 6.12. The number of nitrogens with one attached hydrogen (secondary N) is 2. The van der Waals surface area contributed by atoms with E-state index >= 15 is 0 Å². The number of fused-ring (bicyclic) bond motifs is 1. The lowest BCUT2D eigenvalue weighted by Gasteiger charge is -2.32. The Labute approximate surface area is 153 Å². The number of hydrogen-bond acceptors (Lipinski definition) is 4. The van der Waals surface area contributed by atoms with Gasteiger partial charge in [0.05, 0.1) is 5.69 Å². The van der Waals surface area contributed by atoms with Gasteiger partial charge in [0.25, 0.3) is 5.91 Å². The molecule has 26 heavy (non-hydrogen) atoms. The summed E-state index contributed by atoms with van der Waals surface area (Å²) in [5.74, 6) is 0.141. The molecule has 2 aromatic carbocycles. The standard InChI is InChI=1S/C20H23N3O3/c1-3-21-12-15-7-6-8-16(11-15)22-19(24)13-23-17-9-4-5-10-18(17)26-14(2)20(23)25/h4-11,14,21H,3,12-13H2,1-2H3,(H,22,24). The third kappa shape index (κ3) is 4.03. The molecule has 2 N–H and O–H groups in total. The van der Waals surface area contributed by atoms with E-state index in [0.29, 0.717) is 17.1 Å². The van der Waals surface area contributed by atoms with Crippen molar-refractivity contribution in [3.05, 3.63) is 54.1 Å². The fraction of sp³-hybridized carbons (Fsp3) is 0.300. The van der Waals surface area contributed by atoms with Crippen LogP contribution in [0.3, 0.4) is 0 Å². The van der Waals surface area contributed by atoms with Crippen LogP contribution in [0.1, 0.15) is 19.4 Å². The summed E-state index contributed by atoms with van der Waals surface area (Å²) >= 11 is 0. The van der Waals surface area contributed by atoms with E-state index in [2.05, 4.69) is 10.6 Å². The molecule has 0 bridgehead atoms. The van der Waals surface area contributed by atoms with Gasteiger partial charge >= 0.3 is 0 Å². The van der Waals surface area contributed by atoms with Gasteiger partial charge < -0.3 is 15.4 Å². The van der Waals surface area contributed by atoms with E-state index in [1.807, 2.05) is 43.3 Å². The first kappa shape index (κ1) is 17.9. The van der Waals surface area contributed by atoms with Gasteiger partial charge in [-0.25, -0.2) is 0 Å². The summed E-state index contributed by atoms with van der Waals surface area (Å²) in [6.45, 7) is 5.30. The first-order valence-electron chi connectivity index (χ1n) is 8.75. The molecule has 6 nitrogen and oxygen atoms in total. The Morgan fingerprint density at radius 1 is 1.19 bits per heavy atom. The summed E-state index contributed by atoms with van der Waals surface area (Å²) in [5.41, 5.74) is 2.42. The highest BCUT2D eigenvalue weighted by molar-refractivity contribution is 6.06. The SMILES string of the molecule is CCNCc1cccc(NC(=O)CN2C(=O)C(C)Oc3ccccc32)c1. The third-order valence-corrected chi connectivity index (χ3v) is 4.17. The number of hydrogen-bond donors (Lipinski definition) is 2. The topological polar surface area (TPSA) is 70.7 Å². The van der Waals surface area contributed by atoms with Crippen molar-refractivity contribution in [3.63, 3.8) is 0 Å². The van der Waals surface area contributed by atoms with Gasteiger partial charge in [-0.05, 0) is 43.3 Å². The van der Waals surface area contributed by atoms with Crippen molar-refractivity contribution in [1.29, 1.82) is 0 Å². The van der Waals surface area contributed by atoms with Crippen LogP contribution in [0.2, 0.25) is 0 Å². The van der Waals surface area contributed by atoms with E-state index < -0.39 is 6.10 Å². The second-order valence-electron chi connectivity index (χ2n) is 6.18. The van der Waals surface area contributed by atoms with E-state index in [0.717, 1.165) is 18.7 Å². The van der Waals surface area contributed by atoms with E-state index in [-0.39, 0.29) is 18.4 Å². The van der Waals surface area contributed by atoms with Gasteiger partial charge in [0.15, 0.2) is 6.10 Å². The van der Waals surface area contributed by atoms with Crippen LogP contribution in [0, 0.1) is 0 Å². The Hall–Kier alpha value is -2.86. The average molecular weight is 353 g/mol. The molecule has 2 amide bonds. The van der Waals surface area contributed by atoms with E-state index in [4.69, 9.17) is 4.74 Å². The lowest BCUT2D eigenvalue weighted by Crippen LogP contribution is -2.47. The van der Waals surface area contributed by atoms with Crippen LogP contribution in [0.15, 0.2) is 48.5 Å². The van der Waals surface area contributed by atoms with Crippen molar-refractivity contribution in [2.45, 2.75) is 26.5 Å². The van der Waals surface area contributed by atoms with Crippen molar-refractivity contribution in [2.24, 2.45) is 0 Å². The molecule has 0 fully saturated rings. The minimum atomic E-state index is -0.610. The molecule has 0 radical (unpaired) electrons. The van der Waals surface area contributed by atoms with E-state index in [1.165, 1.54) is 4.90 Å². The lowest BCUT2D eigenvalue weighted by atomic mass is 10.1. The molecule has 6 heteroatoms. The van der Waals surface area contributed by atoms with Gasteiger partial charge in [-0.2, -0.15) is 0 Å². The van der Waals surface area contributed by atoms with Crippen molar-refractivity contribution in [3.8, 4) is 5.75 Å². The van der Waals surface area contributed by atoms with Crippen LogP contribution < -0.4 is 20.3 Å². The lowest BCUT2D eigenvalue weighted by molar-refractivity contribution is -0.127. The zero-order valence-electron chi connectivity index (χ0n) is 15.0. The molecule has 0 spiro atoms. The van der Waals surface area contributed by atoms with Crippen LogP contribution in [-0.2, 0) is 16.1 Å². The Morgan fingerprint density at radius 3 is 2.81 bits per heavy atom. The Kier molecular flexibility index (Phi) is 5.53. The maximum Gasteiger partial charge on any atom is 0.268 e. The second-order valence-corrected chi connectivity index (χ2v) is 6.18. The number of nitrogens with zero attached hydrogens (tertiary/aromatic N) is 1. The normalized spacial score (nSPS) is 16.0. The number of anilines is 2. The minimum absolute atomic E-state index is 0.0546. The number of rotatable bonds is 6. The molecule has 1 atom stereocenters. The molecule has 0 aliphatic carbocycles. The van der Waals surface area contributed by atoms with Crippen LogP contribution in [0.25, 0.3) is 0 Å². The van der Waals surface area contributed by atoms with Crippen molar-refractivity contribution >= 4 is 23.2 Å². The maximum atomic E-state index is 12.5. The molecular formula is C20H23N3O3. The van der Waals surface area contributed by atoms with Crippen molar-refractivity contribution in [2.75, 3.05) is 23.3 Å². The number of amides is 2. The van der Waals surface area contributed by atoms with Gasteiger partial charge in [-0.15, -0.1) is 0 Å². The quantitative estimate of drug-likeness (QED) is 0.837. The third-order valence-electron chi connectivity index (χ3n) is 4.17. The van der Waals surface area contributed by atoms with Gasteiger partial charge in [-0.3, -0.25) is 14.5 Å². The van der Waals surface area contributed by atoms with E-state index in [9.17, 15) is 9.59 Å². The molecule has 3 rings (SSSR count). The van der Waals surface area contributed by atoms with Crippen LogP contribution in [0.5, 0.6) is 5.75 Å². The summed E-state index contributed by atoms with van der Waals surface area (Å²) < 4.78 is 5.60. The number of para-hydroxylation sites is 2. The fourth-order valence-electron chi connectivity index (χ4n) is 2.89. The van der Waals surface area contributed by atoms with Gasteiger partial charge in [-0.1, -0.05) is 31.2 Å². The molecule has 1 unspecified atom stereocenters. The van der Waals surface area contributed by atoms with Crippen molar-refractivity contribution in [1.82, 2.24) is 5.32 Å². The van der Waals surface area contributed by atoms with Crippen LogP contribution >= 0.6 is 0 Å². The summed E-state index contributed by atoms with van der Waals surface area (Å²) in [7, 11) is 0. The summed E-state index contributed by atoms with van der Waals surface area (Å²) in [6, 6.07) is 14.9.